The SMILES string of the molecule is COc1nc(C)c(C)[nH]c1=O. The van der Waals surface area contributed by atoms with Crippen molar-refractivity contribution in [3.05, 3.63) is 21.7 Å². The number of aromatic nitrogens is 2. The van der Waals surface area contributed by atoms with Gasteiger partial charge < -0.3 is 9.72 Å². The molecule has 0 saturated heterocycles. The number of methoxy groups -OCH3 is 1. The van der Waals surface area contributed by atoms with E-state index in [0.29, 0.717) is 0 Å². The lowest BCUT2D eigenvalue weighted by Crippen LogP contribution is -2.13. The second kappa shape index (κ2) is 2.74. The monoisotopic (exact) mass is 154 g/mol. The highest BCUT2D eigenvalue weighted by atomic mass is 16.5. The molecule has 0 saturated carbocycles. The van der Waals surface area contributed by atoms with E-state index in [2.05, 4.69) is 9.97 Å². The predicted octanol–water partition coefficient (Wildman–Crippen LogP) is 0.395. The van der Waals surface area contributed by atoms with Crippen LogP contribution >= 0.6 is 0 Å². The molecule has 0 bridgehead atoms. The smallest absolute Gasteiger partial charge is 0.310 e. The number of hydrogen-bond donors (Lipinski definition) is 1. The minimum atomic E-state index is -0.282. The fraction of sp³-hybridized carbons (Fsp3) is 0.429. The van der Waals surface area contributed by atoms with Crippen LogP contribution < -0.4 is 10.3 Å². The first-order chi connectivity index (χ1) is 5.15. The number of aryl methyl sites for hydroxylation is 2. The Kier molecular flexibility index (Phi) is 1.94. The van der Waals surface area contributed by atoms with Gasteiger partial charge in [-0.05, 0) is 13.8 Å². The molecular formula is C7H10N2O2. The van der Waals surface area contributed by atoms with Gasteiger partial charge in [-0.2, -0.15) is 0 Å². The van der Waals surface area contributed by atoms with Crippen LogP contribution in [0.2, 0.25) is 0 Å². The van der Waals surface area contributed by atoms with Gasteiger partial charge in [0.2, 0.25) is 0 Å². The number of H-pyrrole nitrogens is 1. The van der Waals surface area contributed by atoms with E-state index in [1.807, 2.05) is 6.92 Å². The van der Waals surface area contributed by atoms with Crippen molar-refractivity contribution in [3.63, 3.8) is 0 Å². The summed E-state index contributed by atoms with van der Waals surface area (Å²) >= 11 is 0. The molecule has 0 atom stereocenters. The fourth-order valence-corrected chi connectivity index (χ4v) is 0.739. The lowest BCUT2D eigenvalue weighted by molar-refractivity contribution is 0.389. The molecule has 0 radical (unpaired) electrons. The van der Waals surface area contributed by atoms with Crippen molar-refractivity contribution in [1.82, 2.24) is 9.97 Å². The summed E-state index contributed by atoms with van der Waals surface area (Å²) in [5.74, 6) is 0.119. The van der Waals surface area contributed by atoms with Crippen LogP contribution in [0, 0.1) is 13.8 Å². The third kappa shape index (κ3) is 1.39. The van der Waals surface area contributed by atoms with E-state index < -0.39 is 0 Å². The van der Waals surface area contributed by atoms with Gasteiger partial charge in [0.05, 0.1) is 12.8 Å². The Labute approximate surface area is 64.2 Å². The lowest BCUT2D eigenvalue weighted by Gasteiger charge is -2.00. The van der Waals surface area contributed by atoms with E-state index >= 15 is 0 Å². The number of nitrogens with zero attached hydrogens (tertiary/aromatic N) is 1. The molecule has 60 valence electrons. The first kappa shape index (κ1) is 7.78. The fourth-order valence-electron chi connectivity index (χ4n) is 0.739. The maximum absolute atomic E-state index is 11.0. The maximum atomic E-state index is 11.0. The molecule has 1 rings (SSSR count). The van der Waals surface area contributed by atoms with E-state index in [1.54, 1.807) is 6.92 Å². The van der Waals surface area contributed by atoms with E-state index in [9.17, 15) is 4.79 Å². The summed E-state index contributed by atoms with van der Waals surface area (Å²) in [6.45, 7) is 3.61. The number of nitrogens with one attached hydrogen (secondary N) is 1. The number of rotatable bonds is 1. The second-order valence-corrected chi connectivity index (χ2v) is 2.29. The van der Waals surface area contributed by atoms with Crippen molar-refractivity contribution in [2.75, 3.05) is 7.11 Å². The average Bonchev–Trinajstić information content (AvgIpc) is 1.97. The number of ether oxygens (including phenoxy) is 1. The molecule has 1 aromatic rings. The van der Waals surface area contributed by atoms with Crippen LogP contribution in [0.1, 0.15) is 11.4 Å². The molecule has 0 aliphatic heterocycles. The summed E-state index contributed by atoms with van der Waals surface area (Å²) in [6, 6.07) is 0. The van der Waals surface area contributed by atoms with Gasteiger partial charge >= 0.3 is 5.56 Å². The molecule has 0 spiro atoms. The van der Waals surface area contributed by atoms with Crippen molar-refractivity contribution in [1.29, 1.82) is 0 Å². The summed E-state index contributed by atoms with van der Waals surface area (Å²) in [5, 5.41) is 0. The normalized spacial score (nSPS) is 9.73. The van der Waals surface area contributed by atoms with Gasteiger partial charge in [-0.3, -0.25) is 4.79 Å². The Morgan fingerprint density at radius 2 is 2.09 bits per heavy atom. The van der Waals surface area contributed by atoms with E-state index in [-0.39, 0.29) is 11.4 Å². The van der Waals surface area contributed by atoms with E-state index in [0.717, 1.165) is 11.4 Å². The van der Waals surface area contributed by atoms with Gasteiger partial charge in [0.25, 0.3) is 5.88 Å². The molecule has 0 aromatic carbocycles. The summed E-state index contributed by atoms with van der Waals surface area (Å²) in [4.78, 5) is 17.5. The summed E-state index contributed by atoms with van der Waals surface area (Å²) in [6.07, 6.45) is 0. The van der Waals surface area contributed by atoms with Crippen LogP contribution in [0.25, 0.3) is 0 Å². The second-order valence-electron chi connectivity index (χ2n) is 2.29. The Bertz CT molecular complexity index is 317. The lowest BCUT2D eigenvalue weighted by atomic mass is 10.3. The highest BCUT2D eigenvalue weighted by molar-refractivity contribution is 5.14. The third-order valence-electron chi connectivity index (χ3n) is 1.50. The van der Waals surface area contributed by atoms with Gasteiger partial charge in [0.1, 0.15) is 0 Å². The molecule has 0 unspecified atom stereocenters. The summed E-state index contributed by atoms with van der Waals surface area (Å²) in [5.41, 5.74) is 1.27. The van der Waals surface area contributed by atoms with Crippen molar-refractivity contribution in [2.24, 2.45) is 0 Å². The van der Waals surface area contributed by atoms with Crippen LogP contribution in [0.3, 0.4) is 0 Å². The zero-order valence-electron chi connectivity index (χ0n) is 6.76. The van der Waals surface area contributed by atoms with Crippen LogP contribution in [-0.4, -0.2) is 17.1 Å². The number of aromatic amines is 1. The van der Waals surface area contributed by atoms with Crippen molar-refractivity contribution < 1.29 is 4.74 Å². The molecular weight excluding hydrogens is 144 g/mol. The van der Waals surface area contributed by atoms with Gasteiger partial charge in [0.15, 0.2) is 0 Å². The summed E-state index contributed by atoms with van der Waals surface area (Å²) in [7, 11) is 1.42. The molecule has 1 aromatic heterocycles. The zero-order valence-corrected chi connectivity index (χ0v) is 6.76. The van der Waals surface area contributed by atoms with Crippen molar-refractivity contribution in [3.8, 4) is 5.88 Å². The molecule has 1 N–H and O–H groups in total. The first-order valence-electron chi connectivity index (χ1n) is 3.26. The van der Waals surface area contributed by atoms with Crippen LogP contribution in [0.4, 0.5) is 0 Å². The highest BCUT2D eigenvalue weighted by Crippen LogP contribution is 2.00. The summed E-state index contributed by atoms with van der Waals surface area (Å²) < 4.78 is 4.73. The first-order valence-corrected chi connectivity index (χ1v) is 3.26. The molecule has 1 heterocycles. The zero-order chi connectivity index (χ0) is 8.43. The van der Waals surface area contributed by atoms with E-state index in [1.165, 1.54) is 7.11 Å². The van der Waals surface area contributed by atoms with E-state index in [4.69, 9.17) is 4.74 Å². The molecule has 0 aliphatic rings. The Balaban J connectivity index is 3.32. The highest BCUT2D eigenvalue weighted by Gasteiger charge is 2.02. The molecule has 11 heavy (non-hydrogen) atoms. The average molecular weight is 154 g/mol. The predicted molar refractivity (Wildman–Crippen MR) is 40.9 cm³/mol. The molecule has 4 heteroatoms. The van der Waals surface area contributed by atoms with Crippen LogP contribution in [0.5, 0.6) is 5.88 Å². The van der Waals surface area contributed by atoms with Gasteiger partial charge in [-0.1, -0.05) is 0 Å². The van der Waals surface area contributed by atoms with Crippen LogP contribution in [-0.2, 0) is 0 Å². The van der Waals surface area contributed by atoms with Crippen molar-refractivity contribution in [2.45, 2.75) is 13.8 Å². The Hall–Kier alpha value is -1.32. The van der Waals surface area contributed by atoms with Crippen LogP contribution in [0.15, 0.2) is 4.79 Å². The molecule has 4 nitrogen and oxygen atoms in total. The standard InChI is InChI=1S/C7H10N2O2/c1-4-5(2)9-7(11-3)6(10)8-4/h1-3H3,(H,8,10). The molecule has 0 amide bonds. The quantitative estimate of drug-likeness (QED) is 0.636. The molecule has 0 aliphatic carbocycles. The third-order valence-corrected chi connectivity index (χ3v) is 1.50. The Morgan fingerprint density at radius 1 is 1.45 bits per heavy atom. The van der Waals surface area contributed by atoms with Gasteiger partial charge in [-0.15, -0.1) is 0 Å². The van der Waals surface area contributed by atoms with Gasteiger partial charge in [-0.25, -0.2) is 4.98 Å². The maximum Gasteiger partial charge on any atom is 0.310 e. The largest absolute Gasteiger partial charge is 0.477 e. The topological polar surface area (TPSA) is 55.0 Å². The Morgan fingerprint density at radius 3 is 2.64 bits per heavy atom. The van der Waals surface area contributed by atoms with Crippen molar-refractivity contribution >= 4 is 0 Å². The minimum absolute atomic E-state index is 0.119. The van der Waals surface area contributed by atoms with Gasteiger partial charge in [0, 0.05) is 5.69 Å². The number of hydrogen-bond acceptors (Lipinski definition) is 3. The molecule has 0 fully saturated rings. The minimum Gasteiger partial charge on any atom is -0.477 e.